The molecule has 1 heterocycles. The number of ether oxygens (including phenoxy) is 1. The minimum atomic E-state index is -0.820. The number of rotatable bonds is 4. The van der Waals surface area contributed by atoms with E-state index in [0.29, 0.717) is 12.2 Å². The van der Waals surface area contributed by atoms with Crippen molar-refractivity contribution >= 4 is 0 Å². The van der Waals surface area contributed by atoms with Gasteiger partial charge in [0.25, 0.3) is 0 Å². The Bertz CT molecular complexity index is 526. The third-order valence-electron chi connectivity index (χ3n) is 2.45. The molecule has 4 heteroatoms. The monoisotopic (exact) mass is 249 g/mol. The van der Waals surface area contributed by atoms with E-state index in [-0.39, 0.29) is 5.56 Å². The zero-order chi connectivity index (χ0) is 13.0. The molecule has 0 saturated heterocycles. The van der Waals surface area contributed by atoms with Crippen LogP contribution in [-0.2, 0) is 0 Å². The number of nitrogens with zero attached hydrogens (tertiary/aromatic N) is 1. The van der Waals surface area contributed by atoms with E-state index in [2.05, 4.69) is 4.98 Å². The lowest BCUT2D eigenvalue weighted by atomic mass is 10.1. The first-order chi connectivity index (χ1) is 8.70. The first kappa shape index (κ1) is 12.5. The molecule has 0 radical (unpaired) electrons. The van der Waals surface area contributed by atoms with Crippen LogP contribution in [0.25, 0.3) is 11.1 Å². The van der Waals surface area contributed by atoms with Gasteiger partial charge in [0.05, 0.1) is 6.61 Å². The third-order valence-corrected chi connectivity index (χ3v) is 2.45. The highest BCUT2D eigenvalue weighted by Crippen LogP contribution is 2.24. The Labute approximate surface area is 104 Å². The molecule has 0 aliphatic carbocycles. The van der Waals surface area contributed by atoms with Crippen LogP contribution in [0.2, 0.25) is 0 Å². The summed E-state index contributed by atoms with van der Waals surface area (Å²) in [5.74, 6) is -0.896. The van der Waals surface area contributed by atoms with Gasteiger partial charge in [-0.25, -0.2) is 0 Å². The number of hydrogen-bond acceptors (Lipinski definition) is 2. The Hall–Kier alpha value is -1.97. The highest BCUT2D eigenvalue weighted by Gasteiger charge is 2.07. The fraction of sp³-hybridized carbons (Fsp3) is 0.214. The van der Waals surface area contributed by atoms with Crippen molar-refractivity contribution in [1.29, 1.82) is 0 Å². The highest BCUT2D eigenvalue weighted by atomic mass is 19.1. The van der Waals surface area contributed by atoms with Crippen molar-refractivity contribution in [2.45, 2.75) is 13.3 Å². The summed E-state index contributed by atoms with van der Waals surface area (Å²) in [4.78, 5) is 3.16. The van der Waals surface area contributed by atoms with Gasteiger partial charge in [-0.2, -0.15) is 13.8 Å². The molecule has 0 saturated carbocycles. The van der Waals surface area contributed by atoms with Crippen molar-refractivity contribution in [3.05, 3.63) is 48.3 Å². The van der Waals surface area contributed by atoms with Gasteiger partial charge >= 0.3 is 0 Å². The van der Waals surface area contributed by atoms with Gasteiger partial charge in [0.1, 0.15) is 5.75 Å². The molecule has 0 aliphatic heterocycles. The predicted octanol–water partition coefficient (Wildman–Crippen LogP) is 3.82. The van der Waals surface area contributed by atoms with E-state index < -0.39 is 11.9 Å². The molecule has 0 spiro atoms. The molecule has 2 nitrogen and oxygen atoms in total. The molecule has 1 aromatic carbocycles. The quantitative estimate of drug-likeness (QED) is 0.768. The van der Waals surface area contributed by atoms with Crippen LogP contribution in [0, 0.1) is 11.9 Å². The molecule has 2 rings (SSSR count). The molecule has 18 heavy (non-hydrogen) atoms. The Kier molecular flexibility index (Phi) is 3.87. The average Bonchev–Trinajstić information content (AvgIpc) is 2.37. The first-order valence-electron chi connectivity index (χ1n) is 5.76. The molecular weight excluding hydrogens is 236 g/mol. The predicted molar refractivity (Wildman–Crippen MR) is 65.4 cm³/mol. The number of pyridine rings is 1. The molecule has 0 unspecified atom stereocenters. The van der Waals surface area contributed by atoms with Crippen molar-refractivity contribution < 1.29 is 13.5 Å². The number of hydrogen-bond donors (Lipinski definition) is 0. The van der Waals surface area contributed by atoms with Gasteiger partial charge in [-0.15, -0.1) is 0 Å². The Morgan fingerprint density at radius 2 is 1.78 bits per heavy atom. The molecule has 0 atom stereocenters. The van der Waals surface area contributed by atoms with E-state index in [0.717, 1.165) is 18.2 Å². The maximum Gasteiger partial charge on any atom is 0.223 e. The number of aromatic nitrogens is 1. The van der Waals surface area contributed by atoms with Crippen LogP contribution in [-0.4, -0.2) is 11.6 Å². The average molecular weight is 249 g/mol. The Morgan fingerprint density at radius 1 is 1.06 bits per heavy atom. The number of benzene rings is 1. The lowest BCUT2D eigenvalue weighted by molar-refractivity contribution is 0.317. The summed E-state index contributed by atoms with van der Waals surface area (Å²) in [7, 11) is 0. The summed E-state index contributed by atoms with van der Waals surface area (Å²) >= 11 is 0. The van der Waals surface area contributed by atoms with E-state index >= 15 is 0 Å². The fourth-order valence-corrected chi connectivity index (χ4v) is 1.58. The normalized spacial score (nSPS) is 10.4. The standard InChI is InChI=1S/C14H13F2NO/c1-2-9-18-11-5-3-10(4-6-11)12-7-8-13(15)17-14(12)16/h3-8H,2,9H2,1H3. The van der Waals surface area contributed by atoms with Crippen LogP contribution < -0.4 is 4.74 Å². The van der Waals surface area contributed by atoms with Crippen molar-refractivity contribution in [3.8, 4) is 16.9 Å². The molecule has 0 bridgehead atoms. The summed E-state index contributed by atoms with van der Waals surface area (Å²) < 4.78 is 31.6. The second-order valence-electron chi connectivity index (χ2n) is 3.85. The molecule has 0 aliphatic rings. The van der Waals surface area contributed by atoms with Crippen LogP contribution in [0.4, 0.5) is 8.78 Å². The maximum atomic E-state index is 13.5. The topological polar surface area (TPSA) is 22.1 Å². The van der Waals surface area contributed by atoms with Crippen molar-refractivity contribution in [3.63, 3.8) is 0 Å². The van der Waals surface area contributed by atoms with Gasteiger partial charge in [-0.1, -0.05) is 19.1 Å². The molecule has 0 amide bonds. The van der Waals surface area contributed by atoms with Crippen molar-refractivity contribution in [2.75, 3.05) is 6.61 Å². The summed E-state index contributed by atoms with van der Waals surface area (Å²) in [5.41, 5.74) is 0.919. The summed E-state index contributed by atoms with van der Waals surface area (Å²) in [6.45, 7) is 2.67. The first-order valence-corrected chi connectivity index (χ1v) is 5.76. The largest absolute Gasteiger partial charge is 0.494 e. The minimum absolute atomic E-state index is 0.276. The summed E-state index contributed by atoms with van der Waals surface area (Å²) in [6, 6.07) is 9.48. The van der Waals surface area contributed by atoms with Crippen molar-refractivity contribution in [1.82, 2.24) is 4.98 Å². The van der Waals surface area contributed by atoms with Crippen LogP contribution in [0.5, 0.6) is 5.75 Å². The minimum Gasteiger partial charge on any atom is -0.494 e. The fourth-order valence-electron chi connectivity index (χ4n) is 1.58. The van der Waals surface area contributed by atoms with Crippen molar-refractivity contribution in [2.24, 2.45) is 0 Å². The Balaban J connectivity index is 2.23. The molecular formula is C14H13F2NO. The van der Waals surface area contributed by atoms with Crippen LogP contribution in [0.15, 0.2) is 36.4 Å². The number of halogens is 2. The second kappa shape index (κ2) is 5.58. The SMILES string of the molecule is CCCOc1ccc(-c2ccc(F)nc2F)cc1. The Morgan fingerprint density at radius 3 is 2.39 bits per heavy atom. The van der Waals surface area contributed by atoms with E-state index in [1.807, 2.05) is 6.92 Å². The van der Waals surface area contributed by atoms with Gasteiger partial charge in [-0.05, 0) is 36.2 Å². The highest BCUT2D eigenvalue weighted by molar-refractivity contribution is 5.63. The summed E-state index contributed by atoms with van der Waals surface area (Å²) in [6.07, 6.45) is 0.929. The van der Waals surface area contributed by atoms with E-state index in [1.165, 1.54) is 6.07 Å². The zero-order valence-electron chi connectivity index (χ0n) is 9.99. The maximum absolute atomic E-state index is 13.5. The van der Waals surface area contributed by atoms with Crippen LogP contribution in [0.3, 0.4) is 0 Å². The molecule has 0 N–H and O–H groups in total. The van der Waals surface area contributed by atoms with E-state index in [4.69, 9.17) is 4.74 Å². The summed E-state index contributed by atoms with van der Waals surface area (Å²) in [5, 5.41) is 0. The van der Waals surface area contributed by atoms with E-state index in [1.54, 1.807) is 24.3 Å². The molecule has 1 aromatic heterocycles. The lowest BCUT2D eigenvalue weighted by Gasteiger charge is -2.06. The van der Waals surface area contributed by atoms with Crippen LogP contribution >= 0.6 is 0 Å². The second-order valence-corrected chi connectivity index (χ2v) is 3.85. The molecule has 94 valence electrons. The van der Waals surface area contributed by atoms with E-state index in [9.17, 15) is 8.78 Å². The zero-order valence-corrected chi connectivity index (χ0v) is 9.99. The third kappa shape index (κ3) is 2.83. The van der Waals surface area contributed by atoms with Gasteiger partial charge < -0.3 is 4.74 Å². The lowest BCUT2D eigenvalue weighted by Crippen LogP contribution is -1.95. The van der Waals surface area contributed by atoms with Gasteiger partial charge in [0.15, 0.2) is 0 Å². The molecule has 0 fully saturated rings. The smallest absolute Gasteiger partial charge is 0.223 e. The van der Waals surface area contributed by atoms with Gasteiger partial charge in [0.2, 0.25) is 11.9 Å². The molecule has 2 aromatic rings. The van der Waals surface area contributed by atoms with Crippen LogP contribution in [0.1, 0.15) is 13.3 Å². The van der Waals surface area contributed by atoms with Gasteiger partial charge in [0, 0.05) is 5.56 Å². The van der Waals surface area contributed by atoms with Gasteiger partial charge in [-0.3, -0.25) is 0 Å².